The summed E-state index contributed by atoms with van der Waals surface area (Å²) in [7, 11) is 2.12. The molecule has 0 N–H and O–H groups in total. The predicted molar refractivity (Wildman–Crippen MR) is 61.6 cm³/mol. The van der Waals surface area contributed by atoms with Gasteiger partial charge in [-0.2, -0.15) is 0 Å². The Morgan fingerprint density at radius 2 is 1.83 bits per heavy atom. The molecule has 0 amide bonds. The lowest BCUT2D eigenvalue weighted by Gasteiger charge is -2.20. The van der Waals surface area contributed by atoms with E-state index in [-0.39, 0.29) is 5.41 Å². The number of hydrogen-bond acceptors (Lipinski definition) is 0. The Labute approximate surface area is 88.3 Å². The molecule has 0 aliphatic carbocycles. The van der Waals surface area contributed by atoms with E-state index in [0.717, 1.165) is 0 Å². The van der Waals surface area contributed by atoms with Crippen LogP contribution in [0.1, 0.15) is 32.0 Å². The molecule has 0 aromatic carbocycles. The fraction of sp³-hybridized carbons (Fsp3) is 0.600. The summed E-state index contributed by atoms with van der Waals surface area (Å²) in [5.74, 6) is 0. The van der Waals surface area contributed by atoms with Crippen molar-refractivity contribution in [3.63, 3.8) is 0 Å². The first kappa shape index (κ1) is 10.1. The summed E-state index contributed by atoms with van der Waals surface area (Å²) in [6, 6.07) is 0. The second-order valence-electron chi connectivity index (χ2n) is 4.34. The monoisotopic (exact) mass is 277 g/mol. The largest absolute Gasteiger partial charge is 0.353 e. The molecule has 12 heavy (non-hydrogen) atoms. The van der Waals surface area contributed by atoms with Crippen molar-refractivity contribution in [2.45, 2.75) is 33.1 Å². The third kappa shape index (κ3) is 1.68. The molecule has 0 unspecified atom stereocenters. The zero-order chi connectivity index (χ0) is 9.52. The molecule has 1 heterocycles. The van der Waals surface area contributed by atoms with Gasteiger partial charge in [-0.15, -0.1) is 0 Å². The van der Waals surface area contributed by atoms with Gasteiger partial charge in [-0.1, -0.05) is 20.8 Å². The van der Waals surface area contributed by atoms with Crippen LogP contribution < -0.4 is 0 Å². The number of aryl methyl sites for hydroxylation is 2. The van der Waals surface area contributed by atoms with E-state index in [1.54, 1.807) is 0 Å². The smallest absolute Gasteiger partial charge is 0.0374 e. The maximum absolute atomic E-state index is 2.43. The molecule has 0 saturated carbocycles. The van der Waals surface area contributed by atoms with E-state index in [4.69, 9.17) is 0 Å². The van der Waals surface area contributed by atoms with E-state index in [1.807, 2.05) is 0 Å². The Kier molecular flexibility index (Phi) is 2.57. The summed E-state index contributed by atoms with van der Waals surface area (Å²) >= 11 is 2.43. The highest BCUT2D eigenvalue weighted by atomic mass is 127. The van der Waals surface area contributed by atoms with Crippen LogP contribution in [-0.4, -0.2) is 4.57 Å². The Morgan fingerprint density at radius 3 is 2.00 bits per heavy atom. The van der Waals surface area contributed by atoms with Crippen LogP contribution in [0.3, 0.4) is 0 Å². The van der Waals surface area contributed by atoms with Crippen LogP contribution in [0.2, 0.25) is 0 Å². The number of rotatable bonds is 0. The molecule has 1 rings (SSSR count). The molecular weight excluding hydrogens is 261 g/mol. The lowest BCUT2D eigenvalue weighted by atomic mass is 9.92. The summed E-state index contributed by atoms with van der Waals surface area (Å²) < 4.78 is 3.64. The van der Waals surface area contributed by atoms with Crippen LogP contribution in [0.15, 0.2) is 6.20 Å². The van der Waals surface area contributed by atoms with Crippen LogP contribution in [-0.2, 0) is 12.5 Å². The summed E-state index contributed by atoms with van der Waals surface area (Å²) in [6.07, 6.45) is 2.20. The van der Waals surface area contributed by atoms with Gasteiger partial charge < -0.3 is 4.57 Å². The quantitative estimate of drug-likeness (QED) is 0.642. The fourth-order valence-corrected chi connectivity index (χ4v) is 2.94. The van der Waals surface area contributed by atoms with Crippen molar-refractivity contribution >= 4 is 22.6 Å². The highest BCUT2D eigenvalue weighted by molar-refractivity contribution is 14.1. The minimum atomic E-state index is 0.250. The van der Waals surface area contributed by atoms with Crippen molar-refractivity contribution in [2.75, 3.05) is 0 Å². The van der Waals surface area contributed by atoms with Crippen LogP contribution in [0.4, 0.5) is 0 Å². The zero-order valence-electron chi connectivity index (χ0n) is 8.40. The predicted octanol–water partition coefficient (Wildman–Crippen LogP) is 3.24. The van der Waals surface area contributed by atoms with Crippen LogP contribution in [0.5, 0.6) is 0 Å². The standard InChI is InChI=1S/C10H16IN/c1-7-6-12(5)9(8(7)11)10(2,3)4/h6H,1-5H3. The average Bonchev–Trinajstić information content (AvgIpc) is 2.05. The Bertz CT molecular complexity index is 292. The van der Waals surface area contributed by atoms with Crippen LogP contribution >= 0.6 is 22.6 Å². The topological polar surface area (TPSA) is 4.93 Å². The lowest BCUT2D eigenvalue weighted by molar-refractivity contribution is 0.539. The molecule has 1 nitrogen and oxygen atoms in total. The first-order valence-electron chi connectivity index (χ1n) is 4.16. The van der Waals surface area contributed by atoms with Crippen molar-refractivity contribution in [1.82, 2.24) is 4.57 Å². The highest BCUT2D eigenvalue weighted by Crippen LogP contribution is 2.29. The molecule has 1 aromatic heterocycles. The van der Waals surface area contributed by atoms with Gasteiger partial charge in [0.25, 0.3) is 0 Å². The molecule has 0 aliphatic rings. The first-order valence-corrected chi connectivity index (χ1v) is 5.24. The van der Waals surface area contributed by atoms with E-state index in [0.29, 0.717) is 0 Å². The van der Waals surface area contributed by atoms with E-state index >= 15 is 0 Å². The lowest BCUT2D eigenvalue weighted by Crippen LogP contribution is -2.17. The summed E-state index contributed by atoms with van der Waals surface area (Å²) in [5, 5.41) is 0. The molecule has 0 radical (unpaired) electrons. The number of hydrogen-bond donors (Lipinski definition) is 0. The first-order chi connectivity index (χ1) is 5.34. The van der Waals surface area contributed by atoms with Gasteiger partial charge in [-0.25, -0.2) is 0 Å². The van der Waals surface area contributed by atoms with Crippen LogP contribution in [0, 0.1) is 10.5 Å². The van der Waals surface area contributed by atoms with Gasteiger partial charge in [0.2, 0.25) is 0 Å². The Balaban J connectivity index is 3.32. The fourth-order valence-electron chi connectivity index (χ4n) is 1.61. The molecular formula is C10H16IN. The minimum Gasteiger partial charge on any atom is -0.353 e. The van der Waals surface area contributed by atoms with Gasteiger partial charge in [-0.05, 0) is 35.1 Å². The normalized spacial score (nSPS) is 12.2. The minimum absolute atomic E-state index is 0.250. The van der Waals surface area contributed by atoms with Gasteiger partial charge in [0.05, 0.1) is 0 Å². The maximum atomic E-state index is 2.43. The van der Waals surface area contributed by atoms with Crippen molar-refractivity contribution < 1.29 is 0 Å². The van der Waals surface area contributed by atoms with Gasteiger partial charge >= 0.3 is 0 Å². The summed E-state index contributed by atoms with van der Waals surface area (Å²) in [4.78, 5) is 0. The number of aromatic nitrogens is 1. The third-order valence-corrected chi connectivity index (χ3v) is 3.37. The molecule has 0 saturated heterocycles. The maximum Gasteiger partial charge on any atom is 0.0374 e. The van der Waals surface area contributed by atoms with E-state index in [9.17, 15) is 0 Å². The summed E-state index contributed by atoms with van der Waals surface area (Å²) in [6.45, 7) is 8.93. The second-order valence-corrected chi connectivity index (χ2v) is 5.41. The van der Waals surface area contributed by atoms with Crippen LogP contribution in [0.25, 0.3) is 0 Å². The van der Waals surface area contributed by atoms with Gasteiger partial charge in [-0.3, -0.25) is 0 Å². The van der Waals surface area contributed by atoms with Crippen molar-refractivity contribution in [1.29, 1.82) is 0 Å². The van der Waals surface area contributed by atoms with Gasteiger partial charge in [0.1, 0.15) is 0 Å². The molecule has 0 fully saturated rings. The molecule has 0 aliphatic heterocycles. The van der Waals surface area contributed by atoms with Crippen molar-refractivity contribution in [3.05, 3.63) is 21.0 Å². The van der Waals surface area contributed by atoms with E-state index in [2.05, 4.69) is 68.1 Å². The van der Waals surface area contributed by atoms with Gasteiger partial charge in [0.15, 0.2) is 0 Å². The Hall–Kier alpha value is 0.01000. The van der Waals surface area contributed by atoms with Crippen molar-refractivity contribution in [2.24, 2.45) is 7.05 Å². The van der Waals surface area contributed by atoms with Gasteiger partial charge in [0, 0.05) is 27.9 Å². The van der Waals surface area contributed by atoms with E-state index < -0.39 is 0 Å². The Morgan fingerprint density at radius 1 is 1.33 bits per heavy atom. The summed E-state index contributed by atoms with van der Waals surface area (Å²) in [5.41, 5.74) is 3.06. The molecule has 2 heteroatoms. The zero-order valence-corrected chi connectivity index (χ0v) is 10.6. The number of halogens is 1. The van der Waals surface area contributed by atoms with Crippen molar-refractivity contribution in [3.8, 4) is 0 Å². The molecule has 1 aromatic rings. The molecule has 0 bridgehead atoms. The highest BCUT2D eigenvalue weighted by Gasteiger charge is 2.21. The average molecular weight is 277 g/mol. The SMILES string of the molecule is Cc1cn(C)c(C(C)(C)C)c1I. The molecule has 0 spiro atoms. The number of nitrogens with zero attached hydrogens (tertiary/aromatic N) is 1. The second kappa shape index (κ2) is 3.05. The molecule has 68 valence electrons. The third-order valence-electron chi connectivity index (χ3n) is 2.00. The molecule has 0 atom stereocenters. The van der Waals surface area contributed by atoms with E-state index in [1.165, 1.54) is 14.8 Å².